The van der Waals surface area contributed by atoms with Crippen LogP contribution < -0.4 is 14.9 Å². The van der Waals surface area contributed by atoms with Crippen LogP contribution in [0.25, 0.3) is 33.2 Å². The van der Waals surface area contributed by atoms with Gasteiger partial charge in [-0.15, -0.1) is 0 Å². The molecule has 4 aromatic carbocycles. The minimum atomic E-state index is -1.77. The first-order valence-corrected chi connectivity index (χ1v) is 15.9. The second-order valence-corrected chi connectivity index (χ2v) is 15.2. The highest BCUT2D eigenvalue weighted by Crippen LogP contribution is 2.33. The van der Waals surface area contributed by atoms with Gasteiger partial charge in [0.1, 0.15) is 15.1 Å². The van der Waals surface area contributed by atoms with E-state index in [0.717, 1.165) is 0 Å². The first kappa shape index (κ1) is 24.2. The maximum atomic E-state index is 2.45. The van der Waals surface area contributed by atoms with Crippen LogP contribution in [-0.4, -0.2) is 8.07 Å². The number of aryl methyl sites for hydroxylation is 4. The first-order chi connectivity index (χ1) is 17.2. The topological polar surface area (TPSA) is 3.88 Å². The lowest BCUT2D eigenvalue weighted by atomic mass is 9.91. The molecule has 0 radical (unpaired) electrons. The van der Waals surface area contributed by atoms with Gasteiger partial charge in [0.25, 0.3) is 0 Å². The van der Waals surface area contributed by atoms with Gasteiger partial charge in [0.15, 0.2) is 5.69 Å². The molecule has 0 bridgehead atoms. The second-order valence-electron chi connectivity index (χ2n) is 10.8. The van der Waals surface area contributed by atoms with Crippen molar-refractivity contribution in [1.29, 1.82) is 0 Å². The zero-order valence-corrected chi connectivity index (χ0v) is 23.6. The van der Waals surface area contributed by atoms with Gasteiger partial charge >= 0.3 is 0 Å². The van der Waals surface area contributed by atoms with Crippen LogP contribution in [-0.2, 0) is 7.05 Å². The van der Waals surface area contributed by atoms with Gasteiger partial charge in [-0.25, -0.2) is 0 Å². The Morgan fingerprint density at radius 3 is 1.97 bits per heavy atom. The molecule has 180 valence electrons. The van der Waals surface area contributed by atoms with Gasteiger partial charge < -0.3 is 0 Å². The number of aromatic nitrogens is 1. The highest BCUT2D eigenvalue weighted by molar-refractivity contribution is 7.00. The Morgan fingerprint density at radius 2 is 1.31 bits per heavy atom. The second kappa shape index (κ2) is 9.18. The van der Waals surface area contributed by atoms with Crippen molar-refractivity contribution in [3.05, 3.63) is 113 Å². The largest absolute Gasteiger partial charge is 0.220 e. The Balaban J connectivity index is 1.67. The van der Waals surface area contributed by atoms with Gasteiger partial charge in [0, 0.05) is 18.6 Å². The van der Waals surface area contributed by atoms with Crippen LogP contribution >= 0.6 is 0 Å². The van der Waals surface area contributed by atoms with E-state index in [9.17, 15) is 0 Å². The molecule has 5 aromatic rings. The number of hydrogen-bond donors (Lipinski definition) is 0. The van der Waals surface area contributed by atoms with Gasteiger partial charge in [-0.05, 0) is 66.1 Å². The van der Waals surface area contributed by atoms with Crippen molar-refractivity contribution in [1.82, 2.24) is 0 Å². The molecular weight excluding hydrogens is 450 g/mol. The quantitative estimate of drug-likeness (QED) is 0.189. The van der Waals surface area contributed by atoms with Crippen LogP contribution in [0.15, 0.2) is 91.0 Å². The molecular formula is C34H36NSi+. The SMILES string of the molecule is Cc1cc(-c2c(C)cccc2C)ccc1-c1c2ccc([Si](C)(C)c3ccccc3)cc2cc(C)[n+]1C. The highest BCUT2D eigenvalue weighted by Gasteiger charge is 2.27. The summed E-state index contributed by atoms with van der Waals surface area (Å²) in [5, 5.41) is 5.59. The molecule has 0 unspecified atom stereocenters. The Bertz CT molecular complexity index is 1580. The molecule has 0 atom stereocenters. The van der Waals surface area contributed by atoms with Crippen LogP contribution in [0.2, 0.25) is 13.1 Å². The molecule has 0 aliphatic rings. The van der Waals surface area contributed by atoms with Gasteiger partial charge in [0.2, 0.25) is 5.69 Å². The van der Waals surface area contributed by atoms with Gasteiger partial charge in [-0.1, -0.05) is 96.3 Å². The molecule has 0 N–H and O–H groups in total. The average Bonchev–Trinajstić information content (AvgIpc) is 2.86. The van der Waals surface area contributed by atoms with Crippen molar-refractivity contribution in [2.75, 3.05) is 0 Å². The lowest BCUT2D eigenvalue weighted by molar-refractivity contribution is -0.665. The van der Waals surface area contributed by atoms with E-state index in [-0.39, 0.29) is 0 Å². The van der Waals surface area contributed by atoms with Crippen LogP contribution in [0.3, 0.4) is 0 Å². The standard InChI is InChI=1S/C34H36NSi/c1-23-12-11-13-24(2)33(23)27-16-18-31(25(3)20-27)34-32-19-17-30(22-28(32)21-26(4)35(34)5)36(6,7)29-14-9-8-10-15-29/h8-22H,1-7H3/q+1. The molecule has 1 nitrogen and oxygen atoms in total. The molecule has 2 heteroatoms. The van der Waals surface area contributed by atoms with E-state index in [1.54, 1.807) is 0 Å². The summed E-state index contributed by atoms with van der Waals surface area (Å²) in [5.41, 5.74) is 10.5. The number of rotatable bonds is 4. The average molecular weight is 487 g/mol. The molecule has 1 heterocycles. The van der Waals surface area contributed by atoms with E-state index < -0.39 is 8.07 Å². The van der Waals surface area contributed by atoms with E-state index >= 15 is 0 Å². The number of pyridine rings is 1. The molecule has 0 fully saturated rings. The molecule has 0 saturated heterocycles. The van der Waals surface area contributed by atoms with E-state index in [1.807, 2.05) is 0 Å². The number of benzene rings is 4. The molecule has 1 aromatic heterocycles. The van der Waals surface area contributed by atoms with E-state index in [2.05, 4.69) is 143 Å². The molecule has 0 aliphatic heterocycles. The third-order valence-corrected chi connectivity index (χ3v) is 11.5. The van der Waals surface area contributed by atoms with E-state index in [1.165, 1.54) is 65.9 Å². The van der Waals surface area contributed by atoms with Crippen LogP contribution in [0.4, 0.5) is 0 Å². The molecule has 5 rings (SSSR count). The van der Waals surface area contributed by atoms with Crippen molar-refractivity contribution < 1.29 is 4.57 Å². The fourth-order valence-corrected chi connectivity index (χ4v) is 8.04. The minimum absolute atomic E-state index is 1.27. The summed E-state index contributed by atoms with van der Waals surface area (Å²) in [7, 11) is 0.420. The summed E-state index contributed by atoms with van der Waals surface area (Å²) in [6.07, 6.45) is 0. The minimum Gasteiger partial charge on any atom is -0.198 e. The Morgan fingerprint density at radius 1 is 0.611 bits per heavy atom. The lowest BCUT2D eigenvalue weighted by Crippen LogP contribution is -2.52. The van der Waals surface area contributed by atoms with Gasteiger partial charge in [-0.2, -0.15) is 4.57 Å². The van der Waals surface area contributed by atoms with Crippen molar-refractivity contribution in [3.8, 4) is 22.4 Å². The molecule has 0 saturated carbocycles. The predicted octanol–water partition coefficient (Wildman–Crippen LogP) is 7.05. The van der Waals surface area contributed by atoms with Crippen LogP contribution in [0.5, 0.6) is 0 Å². The normalized spacial score (nSPS) is 11.8. The fourth-order valence-electron chi connectivity index (χ4n) is 5.67. The zero-order valence-electron chi connectivity index (χ0n) is 22.6. The van der Waals surface area contributed by atoms with E-state index in [4.69, 9.17) is 0 Å². The first-order valence-electron chi connectivity index (χ1n) is 12.9. The maximum absolute atomic E-state index is 2.45. The smallest absolute Gasteiger partial charge is 0.198 e. The van der Waals surface area contributed by atoms with E-state index in [0.29, 0.717) is 0 Å². The van der Waals surface area contributed by atoms with Crippen LogP contribution in [0, 0.1) is 27.7 Å². The molecule has 0 aliphatic carbocycles. The predicted molar refractivity (Wildman–Crippen MR) is 158 cm³/mol. The fraction of sp³-hybridized carbons (Fsp3) is 0.206. The molecule has 0 spiro atoms. The Kier molecular flexibility index (Phi) is 6.18. The number of nitrogens with zero attached hydrogens (tertiary/aromatic N) is 1. The summed E-state index contributed by atoms with van der Waals surface area (Å²) in [5.74, 6) is 0. The van der Waals surface area contributed by atoms with Crippen molar-refractivity contribution in [2.24, 2.45) is 7.05 Å². The molecule has 36 heavy (non-hydrogen) atoms. The van der Waals surface area contributed by atoms with Gasteiger partial charge in [-0.3, -0.25) is 0 Å². The molecule has 0 amide bonds. The monoisotopic (exact) mass is 486 g/mol. The third kappa shape index (κ3) is 4.10. The summed E-state index contributed by atoms with van der Waals surface area (Å²) in [6.45, 7) is 13.8. The zero-order chi connectivity index (χ0) is 25.6. The summed E-state index contributed by atoms with van der Waals surface area (Å²) in [6, 6.07) is 34.1. The summed E-state index contributed by atoms with van der Waals surface area (Å²) >= 11 is 0. The number of fused-ring (bicyclic) bond motifs is 1. The van der Waals surface area contributed by atoms with Gasteiger partial charge in [0.05, 0.1) is 5.39 Å². The Hall–Kier alpha value is -3.49. The van der Waals surface area contributed by atoms with Crippen LogP contribution in [0.1, 0.15) is 22.4 Å². The van der Waals surface area contributed by atoms with Crippen molar-refractivity contribution in [3.63, 3.8) is 0 Å². The van der Waals surface area contributed by atoms with Crippen molar-refractivity contribution in [2.45, 2.75) is 40.8 Å². The Labute approximate surface area is 217 Å². The van der Waals surface area contributed by atoms with Crippen molar-refractivity contribution >= 4 is 29.2 Å². The summed E-state index contributed by atoms with van der Waals surface area (Å²) < 4.78 is 2.35. The summed E-state index contributed by atoms with van der Waals surface area (Å²) in [4.78, 5) is 0. The maximum Gasteiger partial charge on any atom is 0.220 e. The lowest BCUT2D eigenvalue weighted by Gasteiger charge is -2.24. The highest BCUT2D eigenvalue weighted by atomic mass is 28.3. The number of hydrogen-bond acceptors (Lipinski definition) is 0. The third-order valence-electron chi connectivity index (χ3n) is 8.00.